The molecule has 0 radical (unpaired) electrons. The number of nitrogens with two attached hydrogens (primary N) is 1. The Morgan fingerprint density at radius 3 is 2.95 bits per heavy atom. The maximum Gasteiger partial charge on any atom is 0.0947 e. The van der Waals surface area contributed by atoms with E-state index >= 15 is 0 Å². The van der Waals surface area contributed by atoms with Gasteiger partial charge in [0.15, 0.2) is 0 Å². The largest absolute Gasteiger partial charge is 0.271 e. The molecule has 1 unspecified atom stereocenters. The lowest BCUT2D eigenvalue weighted by Gasteiger charge is -2.15. The van der Waals surface area contributed by atoms with E-state index < -0.39 is 0 Å². The Labute approximate surface area is 120 Å². The van der Waals surface area contributed by atoms with Gasteiger partial charge in [-0.05, 0) is 29.3 Å². The van der Waals surface area contributed by atoms with Crippen LogP contribution < -0.4 is 11.3 Å². The van der Waals surface area contributed by atoms with E-state index in [-0.39, 0.29) is 6.04 Å². The molecule has 3 N–H and O–H groups in total. The second-order valence-electron chi connectivity index (χ2n) is 4.49. The maximum atomic E-state index is 5.75. The van der Waals surface area contributed by atoms with Crippen molar-refractivity contribution in [1.29, 1.82) is 0 Å². The first-order valence-corrected chi connectivity index (χ1v) is 7.87. The van der Waals surface area contributed by atoms with E-state index in [0.717, 1.165) is 17.1 Å². The predicted molar refractivity (Wildman–Crippen MR) is 82.4 cm³/mol. The van der Waals surface area contributed by atoms with Crippen molar-refractivity contribution < 1.29 is 0 Å². The van der Waals surface area contributed by atoms with Crippen LogP contribution in [0.5, 0.6) is 0 Å². The third-order valence-electron chi connectivity index (χ3n) is 3.13. The van der Waals surface area contributed by atoms with Crippen molar-refractivity contribution in [3.8, 4) is 0 Å². The normalized spacial score (nSPS) is 12.9. The summed E-state index contributed by atoms with van der Waals surface area (Å²) in [5.74, 6) is 5.75. The van der Waals surface area contributed by atoms with E-state index in [1.807, 2.05) is 6.92 Å². The predicted octanol–water partition coefficient (Wildman–Crippen LogP) is 3.41. The molecule has 0 aliphatic heterocycles. The quantitative estimate of drug-likeness (QED) is 0.571. The molecule has 3 nitrogen and oxygen atoms in total. The molecule has 98 valence electrons. The van der Waals surface area contributed by atoms with Gasteiger partial charge in [-0.2, -0.15) is 0 Å². The molecule has 0 amide bonds. The van der Waals surface area contributed by atoms with Crippen LogP contribution in [0.4, 0.5) is 0 Å². The van der Waals surface area contributed by atoms with Crippen LogP contribution in [0, 0.1) is 6.92 Å². The smallest absolute Gasteiger partial charge is 0.0947 e. The Kier molecular flexibility index (Phi) is 3.61. The Bertz CT molecular complexity index is 687. The maximum absolute atomic E-state index is 5.75. The molecule has 0 fully saturated rings. The van der Waals surface area contributed by atoms with Crippen LogP contribution >= 0.6 is 22.7 Å². The minimum atomic E-state index is 0.105. The number of nitrogens with one attached hydrogen (secondary N) is 1. The molecule has 1 atom stereocenters. The third-order valence-corrected chi connectivity index (χ3v) is 5.10. The number of rotatable bonds is 4. The summed E-state index contributed by atoms with van der Waals surface area (Å²) in [4.78, 5) is 4.52. The van der Waals surface area contributed by atoms with Crippen LogP contribution in [-0.4, -0.2) is 4.98 Å². The van der Waals surface area contributed by atoms with Gasteiger partial charge in [0, 0.05) is 22.2 Å². The molecule has 2 aromatic heterocycles. The van der Waals surface area contributed by atoms with Gasteiger partial charge in [0.1, 0.15) is 0 Å². The summed E-state index contributed by atoms with van der Waals surface area (Å²) in [5, 5.41) is 6.59. The zero-order valence-electron chi connectivity index (χ0n) is 10.6. The lowest BCUT2D eigenvalue weighted by atomic mass is 10.0. The Hall–Kier alpha value is -1.27. The van der Waals surface area contributed by atoms with Gasteiger partial charge >= 0.3 is 0 Å². The van der Waals surface area contributed by atoms with Crippen LogP contribution in [0.3, 0.4) is 0 Å². The Morgan fingerprint density at radius 1 is 1.32 bits per heavy atom. The number of fused-ring (bicyclic) bond motifs is 1. The summed E-state index contributed by atoms with van der Waals surface area (Å²) in [6, 6.07) is 8.61. The van der Waals surface area contributed by atoms with Gasteiger partial charge in [-0.1, -0.05) is 18.2 Å². The summed E-state index contributed by atoms with van der Waals surface area (Å²) < 4.78 is 1.30. The minimum absolute atomic E-state index is 0.105. The lowest BCUT2D eigenvalue weighted by molar-refractivity contribution is 0.554. The molecule has 5 heteroatoms. The van der Waals surface area contributed by atoms with Gasteiger partial charge in [0.2, 0.25) is 0 Å². The molecule has 2 heterocycles. The highest BCUT2D eigenvalue weighted by Crippen LogP contribution is 2.30. The number of hydrogen-bond acceptors (Lipinski definition) is 5. The molecule has 0 saturated heterocycles. The first-order valence-electron chi connectivity index (χ1n) is 6.11. The zero-order valence-corrected chi connectivity index (χ0v) is 12.2. The standard InChI is InChI=1S/C14H15N3S2/c1-9-8-19-13(16-9)7-12(17-15)11-4-2-3-10-5-6-18-14(10)11/h2-6,8,12,17H,7,15H2,1H3. The summed E-state index contributed by atoms with van der Waals surface area (Å²) in [5.41, 5.74) is 5.26. The summed E-state index contributed by atoms with van der Waals surface area (Å²) >= 11 is 3.45. The summed E-state index contributed by atoms with van der Waals surface area (Å²) in [6.07, 6.45) is 0.825. The van der Waals surface area contributed by atoms with Crippen molar-refractivity contribution >= 4 is 32.8 Å². The van der Waals surface area contributed by atoms with Crippen molar-refractivity contribution in [3.05, 3.63) is 51.3 Å². The second kappa shape index (κ2) is 5.38. The van der Waals surface area contributed by atoms with Gasteiger partial charge in [0.05, 0.1) is 11.0 Å². The van der Waals surface area contributed by atoms with Gasteiger partial charge in [-0.15, -0.1) is 22.7 Å². The second-order valence-corrected chi connectivity index (χ2v) is 6.35. The van der Waals surface area contributed by atoms with Crippen LogP contribution in [0.1, 0.15) is 22.3 Å². The molecule has 0 saturated carbocycles. The number of aromatic nitrogens is 1. The fourth-order valence-corrected chi connectivity index (χ4v) is 4.01. The average Bonchev–Trinajstić information content (AvgIpc) is 3.04. The first-order chi connectivity index (χ1) is 9.28. The molecule has 0 aliphatic rings. The van der Waals surface area contributed by atoms with Gasteiger partial charge < -0.3 is 0 Å². The van der Waals surface area contributed by atoms with Crippen LogP contribution in [0.2, 0.25) is 0 Å². The van der Waals surface area contributed by atoms with Gasteiger partial charge in [0.25, 0.3) is 0 Å². The van der Waals surface area contributed by atoms with E-state index in [1.54, 1.807) is 22.7 Å². The van der Waals surface area contributed by atoms with E-state index in [4.69, 9.17) is 5.84 Å². The lowest BCUT2D eigenvalue weighted by Crippen LogP contribution is -2.29. The average molecular weight is 289 g/mol. The molecule has 0 aliphatic carbocycles. The monoisotopic (exact) mass is 289 g/mol. The van der Waals surface area contributed by atoms with E-state index in [1.165, 1.54) is 15.6 Å². The van der Waals surface area contributed by atoms with Crippen molar-refractivity contribution in [3.63, 3.8) is 0 Å². The van der Waals surface area contributed by atoms with E-state index in [2.05, 4.69) is 45.4 Å². The fourth-order valence-electron chi connectivity index (χ4n) is 2.22. The number of benzene rings is 1. The van der Waals surface area contributed by atoms with E-state index in [9.17, 15) is 0 Å². The number of thiophene rings is 1. The Balaban J connectivity index is 1.95. The highest BCUT2D eigenvalue weighted by atomic mass is 32.1. The summed E-state index contributed by atoms with van der Waals surface area (Å²) in [6.45, 7) is 2.02. The zero-order chi connectivity index (χ0) is 13.2. The third kappa shape index (κ3) is 2.55. The van der Waals surface area contributed by atoms with Gasteiger partial charge in [-0.25, -0.2) is 4.98 Å². The molecular weight excluding hydrogens is 274 g/mol. The fraction of sp³-hybridized carbons (Fsp3) is 0.214. The molecule has 1 aromatic carbocycles. The highest BCUT2D eigenvalue weighted by molar-refractivity contribution is 7.17. The van der Waals surface area contributed by atoms with Crippen molar-refractivity contribution in [2.45, 2.75) is 19.4 Å². The molecule has 0 bridgehead atoms. The number of aryl methyl sites for hydroxylation is 1. The van der Waals surface area contributed by atoms with Crippen LogP contribution in [0.15, 0.2) is 35.0 Å². The molecule has 0 spiro atoms. The Morgan fingerprint density at radius 2 is 2.21 bits per heavy atom. The number of hydrazine groups is 1. The minimum Gasteiger partial charge on any atom is -0.271 e. The van der Waals surface area contributed by atoms with E-state index in [0.29, 0.717) is 0 Å². The summed E-state index contributed by atoms with van der Waals surface area (Å²) in [7, 11) is 0. The number of hydrogen-bond donors (Lipinski definition) is 2. The van der Waals surface area contributed by atoms with Crippen molar-refractivity contribution in [2.24, 2.45) is 5.84 Å². The molecule has 19 heavy (non-hydrogen) atoms. The van der Waals surface area contributed by atoms with Crippen LogP contribution in [-0.2, 0) is 6.42 Å². The highest BCUT2D eigenvalue weighted by Gasteiger charge is 2.15. The topological polar surface area (TPSA) is 50.9 Å². The molecular formula is C14H15N3S2. The van der Waals surface area contributed by atoms with Crippen molar-refractivity contribution in [2.75, 3.05) is 0 Å². The SMILES string of the molecule is Cc1csc(CC(NN)c2cccc3ccsc23)n1. The first kappa shape index (κ1) is 12.7. The number of thiazole rings is 1. The van der Waals surface area contributed by atoms with Crippen LogP contribution in [0.25, 0.3) is 10.1 Å². The number of nitrogens with zero attached hydrogens (tertiary/aromatic N) is 1. The van der Waals surface area contributed by atoms with Gasteiger partial charge in [-0.3, -0.25) is 11.3 Å². The van der Waals surface area contributed by atoms with Crippen molar-refractivity contribution in [1.82, 2.24) is 10.4 Å². The molecule has 3 rings (SSSR count). The molecule has 3 aromatic rings.